The molecule has 2 aromatic rings. The second kappa shape index (κ2) is 7.09. The fourth-order valence-electron chi connectivity index (χ4n) is 2.84. The van der Waals surface area contributed by atoms with E-state index in [9.17, 15) is 0 Å². The van der Waals surface area contributed by atoms with Gasteiger partial charge in [-0.15, -0.1) is 0 Å². The summed E-state index contributed by atoms with van der Waals surface area (Å²) in [5, 5.41) is 7.01. The van der Waals surface area contributed by atoms with Crippen molar-refractivity contribution in [2.45, 2.75) is 45.6 Å². The molecule has 1 saturated heterocycles. The van der Waals surface area contributed by atoms with Crippen LogP contribution >= 0.6 is 0 Å². The van der Waals surface area contributed by atoms with E-state index < -0.39 is 0 Å². The highest BCUT2D eigenvalue weighted by atomic mass is 15.1. The van der Waals surface area contributed by atoms with Crippen molar-refractivity contribution >= 4 is 5.82 Å². The largest absolute Gasteiger partial charge is 0.367 e. The molecule has 1 aliphatic heterocycles. The van der Waals surface area contributed by atoms with E-state index >= 15 is 0 Å². The van der Waals surface area contributed by atoms with Gasteiger partial charge in [0, 0.05) is 23.4 Å². The van der Waals surface area contributed by atoms with Crippen LogP contribution in [0.1, 0.15) is 43.9 Å². The number of nitrogens with zero attached hydrogens (tertiary/aromatic N) is 2. The molecular weight excluding hydrogens is 284 g/mol. The number of piperidine rings is 1. The molecule has 1 fully saturated rings. The SMILES string of the molecule is Cc1ccc(-c2nc(NC3CCNCC3)cc(C(C)C)n2)cc1. The molecule has 4 heteroatoms. The van der Waals surface area contributed by atoms with Crippen molar-refractivity contribution in [2.75, 3.05) is 18.4 Å². The summed E-state index contributed by atoms with van der Waals surface area (Å²) in [6.45, 7) is 8.60. The van der Waals surface area contributed by atoms with Crippen LogP contribution in [0, 0.1) is 6.92 Å². The first-order valence-corrected chi connectivity index (χ1v) is 8.55. The molecule has 1 aromatic carbocycles. The second-order valence-electron chi connectivity index (χ2n) is 6.69. The van der Waals surface area contributed by atoms with Crippen molar-refractivity contribution in [1.82, 2.24) is 15.3 Å². The van der Waals surface area contributed by atoms with Gasteiger partial charge in [0.2, 0.25) is 0 Å². The van der Waals surface area contributed by atoms with Crippen molar-refractivity contribution in [3.63, 3.8) is 0 Å². The van der Waals surface area contributed by atoms with Crippen molar-refractivity contribution in [2.24, 2.45) is 0 Å². The summed E-state index contributed by atoms with van der Waals surface area (Å²) in [7, 11) is 0. The Balaban J connectivity index is 1.90. The third-order valence-electron chi connectivity index (χ3n) is 4.34. The predicted molar refractivity (Wildman–Crippen MR) is 95.8 cm³/mol. The highest BCUT2D eigenvalue weighted by molar-refractivity contribution is 5.58. The van der Waals surface area contributed by atoms with E-state index in [0.29, 0.717) is 12.0 Å². The molecule has 0 radical (unpaired) electrons. The predicted octanol–water partition coefficient (Wildman–Crippen LogP) is 3.74. The fraction of sp³-hybridized carbons (Fsp3) is 0.474. The molecule has 0 aliphatic carbocycles. The molecule has 4 nitrogen and oxygen atoms in total. The van der Waals surface area contributed by atoms with Gasteiger partial charge in [-0.05, 0) is 38.8 Å². The molecule has 0 unspecified atom stereocenters. The number of hydrogen-bond donors (Lipinski definition) is 2. The van der Waals surface area contributed by atoms with E-state index in [1.807, 2.05) is 0 Å². The lowest BCUT2D eigenvalue weighted by molar-refractivity contribution is 0.478. The number of benzene rings is 1. The normalized spacial score (nSPS) is 15.8. The number of nitrogens with one attached hydrogen (secondary N) is 2. The molecule has 0 atom stereocenters. The second-order valence-corrected chi connectivity index (χ2v) is 6.69. The third-order valence-corrected chi connectivity index (χ3v) is 4.34. The van der Waals surface area contributed by atoms with Gasteiger partial charge < -0.3 is 10.6 Å². The van der Waals surface area contributed by atoms with Crippen LogP contribution < -0.4 is 10.6 Å². The molecule has 0 spiro atoms. The van der Waals surface area contributed by atoms with E-state index in [0.717, 1.165) is 48.8 Å². The molecular formula is C19H26N4. The van der Waals surface area contributed by atoms with Gasteiger partial charge in [0.25, 0.3) is 0 Å². The molecule has 2 N–H and O–H groups in total. The maximum Gasteiger partial charge on any atom is 0.161 e. The molecule has 1 aliphatic rings. The Labute approximate surface area is 138 Å². The minimum Gasteiger partial charge on any atom is -0.367 e. The highest BCUT2D eigenvalue weighted by Gasteiger charge is 2.15. The molecule has 23 heavy (non-hydrogen) atoms. The first-order chi connectivity index (χ1) is 11.1. The van der Waals surface area contributed by atoms with Crippen LogP contribution in [0.15, 0.2) is 30.3 Å². The van der Waals surface area contributed by atoms with Crippen molar-refractivity contribution < 1.29 is 0 Å². The van der Waals surface area contributed by atoms with Gasteiger partial charge >= 0.3 is 0 Å². The average Bonchev–Trinajstić information content (AvgIpc) is 2.56. The summed E-state index contributed by atoms with van der Waals surface area (Å²) < 4.78 is 0. The highest BCUT2D eigenvalue weighted by Crippen LogP contribution is 2.23. The van der Waals surface area contributed by atoms with Gasteiger partial charge in [0.1, 0.15) is 5.82 Å². The summed E-state index contributed by atoms with van der Waals surface area (Å²) in [5.74, 6) is 2.15. The van der Waals surface area contributed by atoms with Crippen LogP contribution in [-0.2, 0) is 0 Å². The number of anilines is 1. The number of aryl methyl sites for hydroxylation is 1. The van der Waals surface area contributed by atoms with Gasteiger partial charge in [-0.1, -0.05) is 43.7 Å². The molecule has 1 aromatic heterocycles. The standard InChI is InChI=1S/C19H26N4/c1-13(2)17-12-18(21-16-8-10-20-11-9-16)23-19(22-17)15-6-4-14(3)5-7-15/h4-7,12-13,16,20H,8-11H2,1-3H3,(H,21,22,23). The minimum absolute atomic E-state index is 0.385. The van der Waals surface area contributed by atoms with Gasteiger partial charge in [-0.3, -0.25) is 0 Å². The molecule has 0 amide bonds. The van der Waals surface area contributed by atoms with Crippen LogP contribution in [0.5, 0.6) is 0 Å². The molecule has 0 bridgehead atoms. The molecule has 3 rings (SSSR count). The lowest BCUT2D eigenvalue weighted by Gasteiger charge is -2.24. The Morgan fingerprint density at radius 2 is 1.78 bits per heavy atom. The zero-order valence-electron chi connectivity index (χ0n) is 14.3. The van der Waals surface area contributed by atoms with E-state index in [4.69, 9.17) is 9.97 Å². The summed E-state index contributed by atoms with van der Waals surface area (Å²) in [6.07, 6.45) is 2.28. The Kier molecular flexibility index (Phi) is 4.91. The first kappa shape index (κ1) is 15.9. The number of rotatable bonds is 4. The number of aromatic nitrogens is 2. The molecule has 2 heterocycles. The Hall–Kier alpha value is -1.94. The van der Waals surface area contributed by atoms with E-state index in [1.54, 1.807) is 0 Å². The van der Waals surface area contributed by atoms with Crippen LogP contribution in [-0.4, -0.2) is 29.1 Å². The van der Waals surface area contributed by atoms with E-state index in [-0.39, 0.29) is 0 Å². The lowest BCUT2D eigenvalue weighted by atomic mass is 10.1. The Morgan fingerprint density at radius 1 is 1.09 bits per heavy atom. The van der Waals surface area contributed by atoms with E-state index in [2.05, 4.69) is 61.7 Å². The van der Waals surface area contributed by atoms with Gasteiger partial charge in [-0.2, -0.15) is 0 Å². The van der Waals surface area contributed by atoms with Crippen LogP contribution in [0.2, 0.25) is 0 Å². The fourth-order valence-corrected chi connectivity index (χ4v) is 2.84. The van der Waals surface area contributed by atoms with Gasteiger partial charge in [-0.25, -0.2) is 9.97 Å². The Morgan fingerprint density at radius 3 is 2.43 bits per heavy atom. The topological polar surface area (TPSA) is 49.8 Å². The van der Waals surface area contributed by atoms with Crippen LogP contribution in [0.3, 0.4) is 0 Å². The summed E-state index contributed by atoms with van der Waals surface area (Å²) in [6, 6.07) is 11.0. The summed E-state index contributed by atoms with van der Waals surface area (Å²) in [4.78, 5) is 9.53. The third kappa shape index (κ3) is 4.08. The van der Waals surface area contributed by atoms with Crippen molar-refractivity contribution in [3.05, 3.63) is 41.6 Å². The van der Waals surface area contributed by atoms with Gasteiger partial charge in [0.05, 0.1) is 0 Å². The van der Waals surface area contributed by atoms with Crippen molar-refractivity contribution in [1.29, 1.82) is 0 Å². The van der Waals surface area contributed by atoms with Crippen molar-refractivity contribution in [3.8, 4) is 11.4 Å². The first-order valence-electron chi connectivity index (χ1n) is 8.55. The number of hydrogen-bond acceptors (Lipinski definition) is 4. The van der Waals surface area contributed by atoms with Gasteiger partial charge in [0.15, 0.2) is 5.82 Å². The van der Waals surface area contributed by atoms with Crippen LogP contribution in [0.25, 0.3) is 11.4 Å². The summed E-state index contributed by atoms with van der Waals surface area (Å²) in [5.41, 5.74) is 3.42. The van der Waals surface area contributed by atoms with E-state index in [1.165, 1.54) is 5.56 Å². The monoisotopic (exact) mass is 310 g/mol. The zero-order chi connectivity index (χ0) is 16.2. The molecule has 122 valence electrons. The average molecular weight is 310 g/mol. The maximum atomic E-state index is 4.77. The summed E-state index contributed by atoms with van der Waals surface area (Å²) >= 11 is 0. The molecule has 0 saturated carbocycles. The van der Waals surface area contributed by atoms with Crippen LogP contribution in [0.4, 0.5) is 5.82 Å². The maximum absolute atomic E-state index is 4.77. The quantitative estimate of drug-likeness (QED) is 0.903. The lowest BCUT2D eigenvalue weighted by Crippen LogP contribution is -2.35. The minimum atomic E-state index is 0.385. The smallest absolute Gasteiger partial charge is 0.161 e. The zero-order valence-corrected chi connectivity index (χ0v) is 14.3. The Bertz CT molecular complexity index is 643.